The van der Waals surface area contributed by atoms with Gasteiger partial charge in [0.05, 0.1) is 0 Å². The Kier molecular flexibility index (Phi) is 7.50. The number of carboxylic acid groups (broad SMARTS) is 2. The molecule has 0 bridgehead atoms. The summed E-state index contributed by atoms with van der Waals surface area (Å²) >= 11 is 0. The highest BCUT2D eigenvalue weighted by molar-refractivity contribution is 5.73. The molecule has 0 amide bonds. The molecule has 0 saturated carbocycles. The second kappa shape index (κ2) is 9.83. The molecule has 27 heavy (non-hydrogen) atoms. The van der Waals surface area contributed by atoms with Crippen LogP contribution in [-0.2, 0) is 16.1 Å². The maximum atomic E-state index is 10.7. The Morgan fingerprint density at radius 2 is 1.74 bits per heavy atom. The Labute approximate surface area is 156 Å². The number of aryl methyl sites for hydroxylation is 1. The van der Waals surface area contributed by atoms with E-state index in [1.54, 1.807) is 0 Å². The highest BCUT2D eigenvalue weighted by atomic mass is 16.4. The fraction of sp³-hybridized carbons (Fsp3) is 0.529. The standard InChI is InChI=1S/C17H26N6O4/c18-11(15(24)25)5-1-2-9-23-10-4-7-13-14(23)22-17(21-13)20-8-3-6-12(19)16(26)27/h4,7,10-12H,1-3,5-6,8-9,18-19H2,(H,20,21)(H,24,25)(H,26,27). The minimum atomic E-state index is -1.00. The third-order valence-corrected chi connectivity index (χ3v) is 4.23. The zero-order valence-electron chi connectivity index (χ0n) is 15.0. The molecular weight excluding hydrogens is 352 g/mol. The highest BCUT2D eigenvalue weighted by Gasteiger charge is 2.15. The van der Waals surface area contributed by atoms with E-state index in [9.17, 15) is 9.59 Å². The zero-order valence-corrected chi connectivity index (χ0v) is 15.0. The van der Waals surface area contributed by atoms with Gasteiger partial charge in [-0.3, -0.25) is 9.59 Å². The van der Waals surface area contributed by atoms with Gasteiger partial charge in [0.25, 0.3) is 0 Å². The number of carboxylic acids is 2. The predicted molar refractivity (Wildman–Crippen MR) is 99.4 cm³/mol. The van der Waals surface area contributed by atoms with E-state index in [1.807, 2.05) is 22.9 Å². The molecule has 148 valence electrons. The van der Waals surface area contributed by atoms with E-state index in [-0.39, 0.29) is 0 Å². The van der Waals surface area contributed by atoms with Crippen LogP contribution >= 0.6 is 0 Å². The van der Waals surface area contributed by atoms with Gasteiger partial charge >= 0.3 is 11.9 Å². The van der Waals surface area contributed by atoms with Crippen molar-refractivity contribution in [1.82, 2.24) is 14.5 Å². The summed E-state index contributed by atoms with van der Waals surface area (Å²) in [4.78, 5) is 30.3. The number of imidazole rings is 1. The molecule has 0 aromatic carbocycles. The lowest BCUT2D eigenvalue weighted by Crippen LogP contribution is -2.30. The van der Waals surface area contributed by atoms with Crippen LogP contribution in [0.4, 0.5) is 5.95 Å². The maximum Gasteiger partial charge on any atom is 0.320 e. The molecule has 2 atom stereocenters. The fourth-order valence-corrected chi connectivity index (χ4v) is 2.65. The first kappa shape index (κ1) is 20.6. The van der Waals surface area contributed by atoms with E-state index in [1.165, 1.54) is 0 Å². The molecule has 0 spiro atoms. The lowest BCUT2D eigenvalue weighted by molar-refractivity contribution is -0.139. The Morgan fingerprint density at radius 3 is 2.41 bits per heavy atom. The second-order valence-corrected chi connectivity index (χ2v) is 6.41. The van der Waals surface area contributed by atoms with E-state index >= 15 is 0 Å². The SMILES string of the molecule is NC(CCCCn1cccc2nc(NCCCC(N)C(=O)O)nc1-2)C(=O)O. The van der Waals surface area contributed by atoms with Gasteiger partial charge in [-0.1, -0.05) is 0 Å². The summed E-state index contributed by atoms with van der Waals surface area (Å²) in [6.07, 6.45) is 4.81. The smallest absolute Gasteiger partial charge is 0.320 e. The summed E-state index contributed by atoms with van der Waals surface area (Å²) in [7, 11) is 0. The number of nitrogens with one attached hydrogen (secondary N) is 1. The van der Waals surface area contributed by atoms with Crippen LogP contribution in [0.5, 0.6) is 0 Å². The van der Waals surface area contributed by atoms with Crippen LogP contribution < -0.4 is 16.8 Å². The molecule has 0 aromatic rings. The summed E-state index contributed by atoms with van der Waals surface area (Å²) in [5.41, 5.74) is 11.7. The van der Waals surface area contributed by atoms with Gasteiger partial charge < -0.3 is 31.6 Å². The van der Waals surface area contributed by atoms with Crippen LogP contribution in [0.25, 0.3) is 11.5 Å². The number of carbonyl (C=O) groups is 2. The van der Waals surface area contributed by atoms with Crippen LogP contribution in [0.1, 0.15) is 32.1 Å². The highest BCUT2D eigenvalue weighted by Crippen LogP contribution is 2.21. The minimum absolute atomic E-state index is 0.376. The van der Waals surface area contributed by atoms with Gasteiger partial charge in [-0.05, 0) is 44.2 Å². The first-order valence-electron chi connectivity index (χ1n) is 8.92. The van der Waals surface area contributed by atoms with E-state index < -0.39 is 24.0 Å². The quantitative estimate of drug-likeness (QED) is 0.331. The van der Waals surface area contributed by atoms with Gasteiger partial charge in [0.15, 0.2) is 5.82 Å². The maximum absolute atomic E-state index is 10.7. The largest absolute Gasteiger partial charge is 0.480 e. The summed E-state index contributed by atoms with van der Waals surface area (Å²) in [6, 6.07) is 2.07. The Hall–Kier alpha value is -2.72. The van der Waals surface area contributed by atoms with Gasteiger partial charge in [0, 0.05) is 19.3 Å². The molecule has 0 radical (unpaired) electrons. The van der Waals surface area contributed by atoms with E-state index in [0.717, 1.165) is 17.9 Å². The average molecular weight is 378 g/mol. The summed E-state index contributed by atoms with van der Waals surface area (Å²) in [6.45, 7) is 1.22. The number of aromatic nitrogens is 3. The van der Waals surface area contributed by atoms with Gasteiger partial charge in [0.1, 0.15) is 17.8 Å². The number of fused-ring (bicyclic) bond motifs is 1. The van der Waals surface area contributed by atoms with Crippen molar-refractivity contribution in [2.45, 2.75) is 50.7 Å². The van der Waals surface area contributed by atoms with E-state index in [4.69, 9.17) is 21.7 Å². The van der Waals surface area contributed by atoms with Crippen molar-refractivity contribution in [3.05, 3.63) is 18.3 Å². The van der Waals surface area contributed by atoms with Crippen molar-refractivity contribution >= 4 is 17.9 Å². The Bertz CT molecular complexity index is 734. The average Bonchev–Trinajstić information content (AvgIpc) is 3.05. The monoisotopic (exact) mass is 378 g/mol. The van der Waals surface area contributed by atoms with Crippen LogP contribution in [0.3, 0.4) is 0 Å². The van der Waals surface area contributed by atoms with Crippen molar-refractivity contribution < 1.29 is 19.8 Å². The second-order valence-electron chi connectivity index (χ2n) is 6.41. The van der Waals surface area contributed by atoms with Crippen molar-refractivity contribution in [3.8, 4) is 11.5 Å². The van der Waals surface area contributed by atoms with Gasteiger partial charge in [-0.25, -0.2) is 4.98 Å². The third-order valence-electron chi connectivity index (χ3n) is 4.23. The van der Waals surface area contributed by atoms with Crippen LogP contribution in [-0.4, -0.2) is 55.3 Å². The topological polar surface area (TPSA) is 169 Å². The number of nitrogens with zero attached hydrogens (tertiary/aromatic N) is 3. The Morgan fingerprint density at radius 1 is 1.07 bits per heavy atom. The van der Waals surface area contributed by atoms with Gasteiger partial charge in [0.2, 0.25) is 5.95 Å². The number of anilines is 1. The lowest BCUT2D eigenvalue weighted by Gasteiger charge is -2.11. The minimum Gasteiger partial charge on any atom is -0.480 e. The first-order chi connectivity index (χ1) is 12.9. The van der Waals surface area contributed by atoms with Gasteiger partial charge in [-0.15, -0.1) is 0 Å². The fourth-order valence-electron chi connectivity index (χ4n) is 2.65. The van der Waals surface area contributed by atoms with Crippen LogP contribution in [0, 0.1) is 0 Å². The number of rotatable bonds is 12. The van der Waals surface area contributed by atoms with Gasteiger partial charge in [-0.2, -0.15) is 4.98 Å². The molecule has 0 fully saturated rings. The normalized spacial score (nSPS) is 13.4. The number of hydrogen-bond acceptors (Lipinski definition) is 7. The molecule has 2 unspecified atom stereocenters. The molecule has 0 aliphatic carbocycles. The number of hydrogen-bond donors (Lipinski definition) is 5. The lowest BCUT2D eigenvalue weighted by atomic mass is 10.1. The van der Waals surface area contributed by atoms with E-state index in [0.29, 0.717) is 44.7 Å². The predicted octanol–water partition coefficient (Wildman–Crippen LogP) is 0.569. The molecule has 0 aromatic heterocycles. The molecule has 10 heteroatoms. The molecule has 7 N–H and O–H groups in total. The van der Waals surface area contributed by atoms with Crippen molar-refractivity contribution in [2.24, 2.45) is 11.5 Å². The molecule has 2 aliphatic rings. The summed E-state index contributed by atoms with van der Waals surface area (Å²) < 4.78 is 1.97. The molecule has 0 saturated heterocycles. The molecular formula is C17H26N6O4. The number of nitrogens with two attached hydrogens (primary N) is 2. The van der Waals surface area contributed by atoms with Crippen molar-refractivity contribution in [3.63, 3.8) is 0 Å². The summed E-state index contributed by atoms with van der Waals surface area (Å²) in [5.74, 6) is -0.756. The molecule has 2 rings (SSSR count). The first-order valence-corrected chi connectivity index (χ1v) is 8.92. The number of aliphatic carboxylic acids is 2. The molecule has 10 nitrogen and oxygen atoms in total. The van der Waals surface area contributed by atoms with E-state index in [2.05, 4.69) is 15.3 Å². The van der Waals surface area contributed by atoms with Crippen molar-refractivity contribution in [2.75, 3.05) is 11.9 Å². The van der Waals surface area contributed by atoms with Crippen molar-refractivity contribution in [1.29, 1.82) is 0 Å². The zero-order chi connectivity index (χ0) is 19.8. The Balaban J connectivity index is 1.85. The van der Waals surface area contributed by atoms with Crippen LogP contribution in [0.2, 0.25) is 0 Å². The summed E-state index contributed by atoms with van der Waals surface area (Å²) in [5, 5.41) is 20.6. The molecule has 2 heterocycles. The number of pyridine rings is 1. The van der Waals surface area contributed by atoms with Crippen LogP contribution in [0.15, 0.2) is 18.3 Å². The molecule has 2 aliphatic heterocycles. The third kappa shape index (κ3) is 6.19. The number of unbranched alkanes of at least 4 members (excludes halogenated alkanes) is 1.